The van der Waals surface area contributed by atoms with Crippen molar-refractivity contribution in [2.24, 2.45) is 0 Å². The summed E-state index contributed by atoms with van der Waals surface area (Å²) in [6, 6.07) is 13.6. The van der Waals surface area contributed by atoms with E-state index in [2.05, 4.69) is 6.07 Å². The second-order valence-electron chi connectivity index (χ2n) is 4.89. The molecule has 0 saturated heterocycles. The summed E-state index contributed by atoms with van der Waals surface area (Å²) >= 11 is 0. The van der Waals surface area contributed by atoms with E-state index in [1.165, 1.54) is 0 Å². The highest BCUT2D eigenvalue weighted by atomic mass is 31.2. The van der Waals surface area contributed by atoms with E-state index in [1.54, 1.807) is 7.11 Å². The molecule has 0 aliphatic carbocycles. The third kappa shape index (κ3) is 2.59. The van der Waals surface area contributed by atoms with E-state index < -0.39 is 7.14 Å². The molecule has 2 rings (SSSR count). The molecule has 0 fully saturated rings. The zero-order valence-electron chi connectivity index (χ0n) is 11.8. The number of benzene rings is 2. The second kappa shape index (κ2) is 5.22. The summed E-state index contributed by atoms with van der Waals surface area (Å²) in [7, 11) is -1.01. The van der Waals surface area contributed by atoms with E-state index in [0.29, 0.717) is 5.75 Å². The lowest BCUT2D eigenvalue weighted by Gasteiger charge is -2.20. The third-order valence-corrected chi connectivity index (χ3v) is 6.02. The minimum atomic E-state index is -2.63. The van der Waals surface area contributed by atoms with Gasteiger partial charge in [0.25, 0.3) is 0 Å². The maximum Gasteiger partial charge on any atom is 0.144 e. The van der Waals surface area contributed by atoms with Crippen molar-refractivity contribution in [3.63, 3.8) is 0 Å². The quantitative estimate of drug-likeness (QED) is 0.803. The summed E-state index contributed by atoms with van der Waals surface area (Å²) < 4.78 is 18.7. The molecule has 0 heterocycles. The number of ether oxygens (including phenoxy) is 1. The van der Waals surface area contributed by atoms with Gasteiger partial charge >= 0.3 is 0 Å². The molecule has 19 heavy (non-hydrogen) atoms. The normalized spacial score (nSPS) is 13.9. The van der Waals surface area contributed by atoms with Crippen LogP contribution < -0.4 is 15.3 Å². The van der Waals surface area contributed by atoms with Gasteiger partial charge in [-0.1, -0.05) is 36.4 Å². The van der Waals surface area contributed by atoms with Crippen molar-refractivity contribution in [3.8, 4) is 5.75 Å². The van der Waals surface area contributed by atoms with Crippen LogP contribution in [-0.2, 0) is 4.57 Å². The Hall–Kier alpha value is -1.53. The molecule has 2 nitrogen and oxygen atoms in total. The van der Waals surface area contributed by atoms with E-state index in [0.717, 1.165) is 21.7 Å². The molecular weight excluding hydrogens is 255 g/mol. The van der Waals surface area contributed by atoms with Crippen LogP contribution in [0.4, 0.5) is 0 Å². The van der Waals surface area contributed by atoms with E-state index in [9.17, 15) is 4.57 Å². The Morgan fingerprint density at radius 3 is 2.26 bits per heavy atom. The van der Waals surface area contributed by atoms with E-state index in [-0.39, 0.29) is 0 Å². The predicted molar refractivity (Wildman–Crippen MR) is 81.7 cm³/mol. The van der Waals surface area contributed by atoms with E-state index >= 15 is 0 Å². The molecule has 0 radical (unpaired) electrons. The summed E-state index contributed by atoms with van der Waals surface area (Å²) in [5, 5.41) is 1.69. The van der Waals surface area contributed by atoms with Gasteiger partial charge in [-0.05, 0) is 37.7 Å². The minimum absolute atomic E-state index is 0.715. The number of methoxy groups -OCH3 is 1. The molecule has 0 aliphatic rings. The standard InChI is InChI=1S/C16H19O2P/c1-12-10-13(2)16(15(11-12)18-3)19(4,17)14-8-6-5-7-9-14/h5-11H,1-4H3/t19-/m0/s1. The summed E-state index contributed by atoms with van der Waals surface area (Å²) in [6.45, 7) is 5.81. The van der Waals surface area contributed by atoms with Crippen LogP contribution in [0, 0.1) is 13.8 Å². The molecule has 2 aromatic carbocycles. The predicted octanol–water partition coefficient (Wildman–Crippen LogP) is 3.26. The van der Waals surface area contributed by atoms with Crippen LogP contribution in [0.2, 0.25) is 0 Å². The fraction of sp³-hybridized carbons (Fsp3) is 0.250. The molecule has 0 bridgehead atoms. The van der Waals surface area contributed by atoms with Gasteiger partial charge in [-0.15, -0.1) is 0 Å². The Balaban J connectivity index is 2.68. The fourth-order valence-corrected chi connectivity index (χ4v) is 4.78. The lowest BCUT2D eigenvalue weighted by atomic mass is 10.1. The van der Waals surface area contributed by atoms with Crippen LogP contribution >= 0.6 is 7.14 Å². The van der Waals surface area contributed by atoms with Gasteiger partial charge in [0.15, 0.2) is 0 Å². The van der Waals surface area contributed by atoms with Crippen molar-refractivity contribution in [1.29, 1.82) is 0 Å². The van der Waals surface area contributed by atoms with Gasteiger partial charge in [0, 0.05) is 5.30 Å². The van der Waals surface area contributed by atoms with Crippen LogP contribution in [0.15, 0.2) is 42.5 Å². The third-order valence-electron chi connectivity index (χ3n) is 3.31. The topological polar surface area (TPSA) is 26.3 Å². The summed E-state index contributed by atoms with van der Waals surface area (Å²) in [5.41, 5.74) is 2.14. The Kier molecular flexibility index (Phi) is 3.82. The number of rotatable bonds is 3. The van der Waals surface area contributed by atoms with Crippen molar-refractivity contribution in [1.82, 2.24) is 0 Å². The van der Waals surface area contributed by atoms with Gasteiger partial charge < -0.3 is 9.30 Å². The summed E-state index contributed by atoms with van der Waals surface area (Å²) in [4.78, 5) is 0. The minimum Gasteiger partial charge on any atom is -0.496 e. The van der Waals surface area contributed by atoms with Gasteiger partial charge in [0.05, 0.1) is 12.4 Å². The molecule has 2 aromatic rings. The highest BCUT2D eigenvalue weighted by Crippen LogP contribution is 2.43. The lowest BCUT2D eigenvalue weighted by molar-refractivity contribution is 0.417. The summed E-state index contributed by atoms with van der Waals surface area (Å²) in [6.07, 6.45) is 0. The first-order chi connectivity index (χ1) is 8.96. The molecule has 0 amide bonds. The fourth-order valence-electron chi connectivity index (χ4n) is 2.46. The summed E-state index contributed by atoms with van der Waals surface area (Å²) in [5.74, 6) is 0.715. The maximum atomic E-state index is 13.2. The SMILES string of the molecule is COc1cc(C)cc(C)c1[P@@](C)(=O)c1ccccc1. The molecule has 3 heteroatoms. The smallest absolute Gasteiger partial charge is 0.144 e. The van der Waals surface area contributed by atoms with Gasteiger partial charge in [-0.25, -0.2) is 0 Å². The van der Waals surface area contributed by atoms with Crippen molar-refractivity contribution in [2.75, 3.05) is 13.8 Å². The highest BCUT2D eigenvalue weighted by Gasteiger charge is 2.27. The van der Waals surface area contributed by atoms with Crippen molar-refractivity contribution in [3.05, 3.63) is 53.6 Å². The molecule has 0 N–H and O–H groups in total. The van der Waals surface area contributed by atoms with Gasteiger partial charge in [0.2, 0.25) is 0 Å². The molecule has 100 valence electrons. The van der Waals surface area contributed by atoms with Crippen molar-refractivity contribution in [2.45, 2.75) is 13.8 Å². The second-order valence-corrected chi connectivity index (χ2v) is 7.70. The molecular formula is C16H19O2P. The number of hydrogen-bond donors (Lipinski definition) is 0. The van der Waals surface area contributed by atoms with Gasteiger partial charge in [0.1, 0.15) is 12.9 Å². The van der Waals surface area contributed by atoms with Crippen LogP contribution in [0.25, 0.3) is 0 Å². The van der Waals surface area contributed by atoms with E-state index in [4.69, 9.17) is 4.74 Å². The molecule has 0 aromatic heterocycles. The van der Waals surface area contributed by atoms with Crippen LogP contribution in [0.5, 0.6) is 5.75 Å². The van der Waals surface area contributed by atoms with Crippen LogP contribution in [-0.4, -0.2) is 13.8 Å². The largest absolute Gasteiger partial charge is 0.496 e. The van der Waals surface area contributed by atoms with Crippen LogP contribution in [0.3, 0.4) is 0 Å². The van der Waals surface area contributed by atoms with E-state index in [1.807, 2.05) is 56.9 Å². The Bertz CT molecular complexity index is 633. The van der Waals surface area contributed by atoms with Crippen molar-refractivity contribution >= 4 is 17.8 Å². The van der Waals surface area contributed by atoms with Gasteiger partial charge in [-0.2, -0.15) is 0 Å². The molecule has 0 unspecified atom stereocenters. The Morgan fingerprint density at radius 1 is 1.05 bits per heavy atom. The van der Waals surface area contributed by atoms with Gasteiger partial charge in [-0.3, -0.25) is 0 Å². The first kappa shape index (κ1) is 13.9. The first-order valence-corrected chi connectivity index (χ1v) is 8.41. The average Bonchev–Trinajstić information content (AvgIpc) is 2.38. The lowest BCUT2D eigenvalue weighted by Crippen LogP contribution is -2.19. The zero-order valence-corrected chi connectivity index (χ0v) is 12.7. The maximum absolute atomic E-state index is 13.2. The molecule has 0 saturated carbocycles. The average molecular weight is 274 g/mol. The number of aryl methyl sites for hydroxylation is 2. The zero-order chi connectivity index (χ0) is 14.0. The molecule has 1 atom stereocenters. The van der Waals surface area contributed by atoms with Crippen LogP contribution in [0.1, 0.15) is 11.1 Å². The number of hydrogen-bond acceptors (Lipinski definition) is 2. The first-order valence-electron chi connectivity index (χ1n) is 6.25. The highest BCUT2D eigenvalue weighted by molar-refractivity contribution is 7.78. The molecule has 0 aliphatic heterocycles. The Morgan fingerprint density at radius 2 is 1.68 bits per heavy atom. The molecule has 0 spiro atoms. The monoisotopic (exact) mass is 274 g/mol. The Labute approximate surface area is 114 Å². The van der Waals surface area contributed by atoms with Crippen molar-refractivity contribution < 1.29 is 9.30 Å².